The van der Waals surface area contributed by atoms with Crippen LogP contribution < -0.4 is 19.8 Å². The summed E-state index contributed by atoms with van der Waals surface area (Å²) >= 11 is 0. The van der Waals surface area contributed by atoms with E-state index in [1.165, 1.54) is 12.1 Å². The van der Waals surface area contributed by atoms with Gasteiger partial charge >= 0.3 is 17.7 Å². The van der Waals surface area contributed by atoms with E-state index in [1.54, 1.807) is 12.3 Å². The van der Waals surface area contributed by atoms with E-state index in [0.717, 1.165) is 12.3 Å². The van der Waals surface area contributed by atoms with Gasteiger partial charge in [-0.25, -0.2) is 14.9 Å². The number of aromatic nitrogens is 2. The number of aromatic amines is 2. The van der Waals surface area contributed by atoms with Crippen molar-refractivity contribution in [2.45, 2.75) is 6.18 Å². The molecule has 1 aliphatic rings. The number of hydrogen-bond acceptors (Lipinski definition) is 4. The second-order valence-electron chi connectivity index (χ2n) is 5.60. The summed E-state index contributed by atoms with van der Waals surface area (Å²) < 4.78 is 37.8. The van der Waals surface area contributed by atoms with Crippen molar-refractivity contribution < 1.29 is 28.1 Å². The van der Waals surface area contributed by atoms with Crippen molar-refractivity contribution in [2.24, 2.45) is 0 Å². The Balaban J connectivity index is 1.69. The van der Waals surface area contributed by atoms with Crippen molar-refractivity contribution in [1.29, 1.82) is 0 Å². The van der Waals surface area contributed by atoms with Gasteiger partial charge in [-0.2, -0.15) is 13.2 Å². The Morgan fingerprint density at radius 1 is 1.04 bits per heavy atom. The molecule has 0 spiro atoms. The average molecular weight is 355 g/mol. The lowest BCUT2D eigenvalue weighted by Crippen LogP contribution is -2.49. The van der Waals surface area contributed by atoms with E-state index >= 15 is 0 Å². The summed E-state index contributed by atoms with van der Waals surface area (Å²) in [5, 5.41) is 11.1. The summed E-state index contributed by atoms with van der Waals surface area (Å²) in [6.07, 6.45) is -1.81. The molecule has 0 amide bonds. The number of hydrogen-bond donors (Lipinski definition) is 0. The first kappa shape index (κ1) is 16.9. The van der Waals surface area contributed by atoms with Gasteiger partial charge in [0.2, 0.25) is 0 Å². The SMILES string of the molecule is O=[N+]([O-])c1ccc[nH+]c1N1CCN(c2ccc(C(F)(F)F)c[nH+]2)CC1. The first-order valence-electron chi connectivity index (χ1n) is 7.60. The Morgan fingerprint density at radius 3 is 2.28 bits per heavy atom. The quantitative estimate of drug-likeness (QED) is 0.618. The van der Waals surface area contributed by atoms with E-state index < -0.39 is 16.7 Å². The van der Waals surface area contributed by atoms with Crippen LogP contribution in [0.15, 0.2) is 36.7 Å². The predicted molar refractivity (Wildman–Crippen MR) is 82.1 cm³/mol. The first-order valence-corrected chi connectivity index (χ1v) is 7.60. The van der Waals surface area contributed by atoms with Gasteiger partial charge in [0.25, 0.3) is 5.82 Å². The Kier molecular flexibility index (Phi) is 4.43. The normalized spacial score (nSPS) is 15.3. The molecular weight excluding hydrogens is 339 g/mol. The summed E-state index contributed by atoms with van der Waals surface area (Å²) in [5.41, 5.74) is -0.735. The molecule has 25 heavy (non-hydrogen) atoms. The zero-order chi connectivity index (χ0) is 18.0. The molecule has 2 aromatic rings. The Hall–Kier alpha value is -2.91. The molecule has 2 aromatic heterocycles. The number of anilines is 2. The van der Waals surface area contributed by atoms with E-state index in [-0.39, 0.29) is 5.69 Å². The molecule has 0 bridgehead atoms. The van der Waals surface area contributed by atoms with Crippen molar-refractivity contribution in [3.05, 3.63) is 52.3 Å². The number of nitrogens with one attached hydrogen (secondary N) is 2. The smallest absolute Gasteiger partial charge is 0.258 e. The zero-order valence-corrected chi connectivity index (χ0v) is 13.1. The minimum atomic E-state index is -4.38. The lowest BCUT2D eigenvalue weighted by Gasteiger charge is -2.26. The van der Waals surface area contributed by atoms with E-state index in [1.807, 2.05) is 9.80 Å². The molecule has 3 rings (SSSR count). The highest BCUT2D eigenvalue weighted by atomic mass is 19.4. The number of H-pyrrole nitrogens is 2. The van der Waals surface area contributed by atoms with Gasteiger partial charge in [-0.05, 0) is 12.1 Å². The fourth-order valence-electron chi connectivity index (χ4n) is 2.78. The molecule has 1 saturated heterocycles. The van der Waals surface area contributed by atoms with Crippen LogP contribution in [0.25, 0.3) is 0 Å². The summed E-state index contributed by atoms with van der Waals surface area (Å²) in [6, 6.07) is 5.43. The van der Waals surface area contributed by atoms with Crippen LogP contribution in [0.1, 0.15) is 5.56 Å². The van der Waals surface area contributed by atoms with Gasteiger partial charge in [0, 0.05) is 12.1 Å². The fourth-order valence-corrected chi connectivity index (χ4v) is 2.78. The van der Waals surface area contributed by atoms with Crippen LogP contribution >= 0.6 is 0 Å². The molecule has 10 heteroatoms. The van der Waals surface area contributed by atoms with Crippen LogP contribution in [0, 0.1) is 10.1 Å². The number of pyridine rings is 2. The lowest BCUT2D eigenvalue weighted by molar-refractivity contribution is -0.411. The Morgan fingerprint density at radius 2 is 1.72 bits per heavy atom. The van der Waals surface area contributed by atoms with Crippen LogP contribution in [0.3, 0.4) is 0 Å². The molecular formula is C15H16F3N5O2+2. The van der Waals surface area contributed by atoms with Gasteiger partial charge in [-0.1, -0.05) is 0 Å². The summed E-state index contributed by atoms with van der Waals surface area (Å²) in [5.74, 6) is 1.02. The molecule has 2 N–H and O–H groups in total. The maximum Gasteiger partial charge on any atom is 0.419 e. The van der Waals surface area contributed by atoms with E-state index in [2.05, 4.69) is 9.97 Å². The van der Waals surface area contributed by atoms with Gasteiger partial charge in [0.05, 0.1) is 16.7 Å². The van der Waals surface area contributed by atoms with Crippen molar-refractivity contribution in [2.75, 3.05) is 36.0 Å². The van der Waals surface area contributed by atoms with Crippen molar-refractivity contribution in [1.82, 2.24) is 0 Å². The Bertz CT molecular complexity index is 759. The van der Waals surface area contributed by atoms with E-state index in [9.17, 15) is 23.3 Å². The topological polar surface area (TPSA) is 77.9 Å². The summed E-state index contributed by atoms with van der Waals surface area (Å²) in [4.78, 5) is 20.0. The fraction of sp³-hybridized carbons (Fsp3) is 0.333. The van der Waals surface area contributed by atoms with Crippen LogP contribution in [-0.2, 0) is 6.18 Å². The standard InChI is InChI=1S/C15H14F3N5O2/c16-15(17,18)11-3-4-13(20-10-11)21-6-8-22(9-7-21)14-12(23(24)25)2-1-5-19-14/h1-5,10H,6-9H2/p+2. The molecule has 7 nitrogen and oxygen atoms in total. The minimum Gasteiger partial charge on any atom is -0.258 e. The lowest BCUT2D eigenvalue weighted by atomic mass is 10.2. The maximum atomic E-state index is 12.6. The highest BCUT2D eigenvalue weighted by molar-refractivity contribution is 5.54. The Labute approximate surface area is 140 Å². The minimum absolute atomic E-state index is 0.00274. The molecule has 0 unspecified atom stereocenters. The largest absolute Gasteiger partial charge is 0.419 e. The van der Waals surface area contributed by atoms with Crippen molar-refractivity contribution in [3.63, 3.8) is 0 Å². The molecule has 132 valence electrons. The third-order valence-electron chi connectivity index (χ3n) is 4.07. The second-order valence-corrected chi connectivity index (χ2v) is 5.60. The third-order valence-corrected chi connectivity index (χ3v) is 4.07. The van der Waals surface area contributed by atoms with Crippen molar-refractivity contribution >= 4 is 17.3 Å². The zero-order valence-electron chi connectivity index (χ0n) is 13.1. The summed E-state index contributed by atoms with van der Waals surface area (Å²) in [7, 11) is 0. The second kappa shape index (κ2) is 6.54. The van der Waals surface area contributed by atoms with Gasteiger partial charge in [0.1, 0.15) is 32.4 Å². The monoisotopic (exact) mass is 355 g/mol. The maximum absolute atomic E-state index is 12.6. The molecule has 0 atom stereocenters. The van der Waals surface area contributed by atoms with Gasteiger partial charge in [0.15, 0.2) is 0 Å². The molecule has 0 aromatic carbocycles. The van der Waals surface area contributed by atoms with E-state index in [4.69, 9.17) is 0 Å². The van der Waals surface area contributed by atoms with Crippen molar-refractivity contribution in [3.8, 4) is 0 Å². The van der Waals surface area contributed by atoms with E-state index in [0.29, 0.717) is 37.8 Å². The summed E-state index contributed by atoms with van der Waals surface area (Å²) in [6.45, 7) is 2.08. The number of rotatable bonds is 3. The van der Waals surface area contributed by atoms with Gasteiger partial charge < -0.3 is 0 Å². The van der Waals surface area contributed by atoms with Gasteiger partial charge in [-0.3, -0.25) is 15.0 Å². The average Bonchev–Trinajstić information content (AvgIpc) is 2.61. The highest BCUT2D eigenvalue weighted by Gasteiger charge is 2.35. The number of halogens is 3. The van der Waals surface area contributed by atoms with Crippen LogP contribution in [0.5, 0.6) is 0 Å². The molecule has 0 radical (unpaired) electrons. The number of alkyl halides is 3. The first-order chi connectivity index (χ1) is 11.9. The molecule has 1 fully saturated rings. The number of nitro groups is 1. The third kappa shape index (κ3) is 3.62. The van der Waals surface area contributed by atoms with Crippen LogP contribution in [-0.4, -0.2) is 31.1 Å². The molecule has 0 saturated carbocycles. The predicted octanol–water partition coefficient (Wildman–Crippen LogP) is 1.57. The number of piperazine rings is 1. The molecule has 0 aliphatic carbocycles. The molecule has 1 aliphatic heterocycles. The van der Waals surface area contributed by atoms with Crippen LogP contribution in [0.2, 0.25) is 0 Å². The number of nitrogens with zero attached hydrogens (tertiary/aromatic N) is 3. The molecule has 3 heterocycles. The van der Waals surface area contributed by atoms with Crippen LogP contribution in [0.4, 0.5) is 30.5 Å². The highest BCUT2D eigenvalue weighted by Crippen LogP contribution is 2.29. The van der Waals surface area contributed by atoms with Gasteiger partial charge in [-0.15, -0.1) is 0 Å².